The van der Waals surface area contributed by atoms with E-state index in [4.69, 9.17) is 0 Å². The average Bonchev–Trinajstić information content (AvgIpc) is 3.21. The fourth-order valence-corrected chi connectivity index (χ4v) is 4.17. The van der Waals surface area contributed by atoms with Gasteiger partial charge in [-0.1, -0.05) is 41.6 Å². The molecule has 8 heteroatoms. The number of carbonyl (C=O) groups is 1. The highest BCUT2D eigenvalue weighted by Gasteiger charge is 2.22. The minimum Gasteiger partial charge on any atom is -0.368 e. The van der Waals surface area contributed by atoms with Crippen molar-refractivity contribution < 1.29 is 4.79 Å². The van der Waals surface area contributed by atoms with Gasteiger partial charge in [0.15, 0.2) is 0 Å². The van der Waals surface area contributed by atoms with E-state index in [-0.39, 0.29) is 5.91 Å². The third-order valence-corrected chi connectivity index (χ3v) is 5.95. The molecule has 3 aromatic rings. The van der Waals surface area contributed by atoms with E-state index in [9.17, 15) is 4.79 Å². The van der Waals surface area contributed by atoms with E-state index in [0.717, 1.165) is 31.9 Å². The van der Waals surface area contributed by atoms with E-state index in [1.54, 1.807) is 4.68 Å². The maximum atomic E-state index is 12.7. The van der Waals surface area contributed by atoms with Gasteiger partial charge in [-0.3, -0.25) is 4.79 Å². The van der Waals surface area contributed by atoms with Gasteiger partial charge in [0, 0.05) is 31.9 Å². The number of amides is 1. The molecule has 2 heterocycles. The number of thioether (sulfide) groups is 1. The summed E-state index contributed by atoms with van der Waals surface area (Å²) >= 11 is 1.38. The summed E-state index contributed by atoms with van der Waals surface area (Å²) in [7, 11) is 0. The Morgan fingerprint density at radius 3 is 2.45 bits per heavy atom. The molecular weight excluding hydrogens is 384 g/mol. The van der Waals surface area contributed by atoms with Crippen molar-refractivity contribution >= 4 is 23.4 Å². The molecule has 1 aliphatic rings. The number of aromatic nitrogens is 4. The topological polar surface area (TPSA) is 67.2 Å². The van der Waals surface area contributed by atoms with Gasteiger partial charge in [0.1, 0.15) is 0 Å². The van der Waals surface area contributed by atoms with E-state index in [2.05, 4.69) is 51.6 Å². The Kier molecular flexibility index (Phi) is 5.80. The van der Waals surface area contributed by atoms with Crippen LogP contribution in [0.3, 0.4) is 0 Å². The van der Waals surface area contributed by atoms with Gasteiger partial charge in [-0.25, -0.2) is 0 Å². The Bertz CT molecular complexity index is 979. The summed E-state index contributed by atoms with van der Waals surface area (Å²) < 4.78 is 1.67. The van der Waals surface area contributed by atoms with Crippen LogP contribution in [0.15, 0.2) is 53.7 Å². The number of piperazine rings is 1. The zero-order valence-corrected chi connectivity index (χ0v) is 17.5. The van der Waals surface area contributed by atoms with Crippen molar-refractivity contribution in [1.82, 2.24) is 25.1 Å². The van der Waals surface area contributed by atoms with Crippen LogP contribution in [0, 0.1) is 13.8 Å². The second-order valence-electron chi connectivity index (χ2n) is 7.20. The second-order valence-corrected chi connectivity index (χ2v) is 8.15. The minimum absolute atomic E-state index is 0.123. The number of carbonyl (C=O) groups excluding carboxylic acids is 1. The SMILES string of the molecule is Cc1ccc(-n2nnnc2SCC(=O)N2CCN(c3cccc(C)c3)CC2)cc1. The Morgan fingerprint density at radius 1 is 0.966 bits per heavy atom. The number of tetrazole rings is 1. The predicted molar refractivity (Wildman–Crippen MR) is 115 cm³/mol. The van der Waals surface area contributed by atoms with Crippen molar-refractivity contribution in [2.24, 2.45) is 0 Å². The van der Waals surface area contributed by atoms with E-state index in [0.29, 0.717) is 10.9 Å². The zero-order chi connectivity index (χ0) is 20.2. The van der Waals surface area contributed by atoms with Crippen LogP contribution in [0.2, 0.25) is 0 Å². The highest BCUT2D eigenvalue weighted by atomic mass is 32.2. The Hall–Kier alpha value is -2.87. The van der Waals surface area contributed by atoms with Crippen molar-refractivity contribution in [2.75, 3.05) is 36.8 Å². The lowest BCUT2D eigenvalue weighted by molar-refractivity contribution is -0.128. The lowest BCUT2D eigenvalue weighted by Gasteiger charge is -2.36. The molecule has 2 aromatic carbocycles. The zero-order valence-electron chi connectivity index (χ0n) is 16.7. The molecule has 1 aromatic heterocycles. The number of aryl methyl sites for hydroxylation is 2. The first kappa shape index (κ1) is 19.4. The van der Waals surface area contributed by atoms with E-state index < -0.39 is 0 Å². The summed E-state index contributed by atoms with van der Waals surface area (Å²) in [4.78, 5) is 17.0. The number of benzene rings is 2. The third kappa shape index (κ3) is 4.59. The van der Waals surface area contributed by atoms with Crippen LogP contribution in [0.25, 0.3) is 5.69 Å². The lowest BCUT2D eigenvalue weighted by atomic mass is 10.2. The molecular formula is C21H24N6OS. The van der Waals surface area contributed by atoms with Gasteiger partial charge in [0.05, 0.1) is 11.4 Å². The number of rotatable bonds is 5. The Morgan fingerprint density at radius 2 is 1.72 bits per heavy atom. The van der Waals surface area contributed by atoms with Gasteiger partial charge in [0.25, 0.3) is 0 Å². The lowest BCUT2D eigenvalue weighted by Crippen LogP contribution is -2.49. The van der Waals surface area contributed by atoms with Gasteiger partial charge < -0.3 is 9.80 Å². The summed E-state index contributed by atoms with van der Waals surface area (Å²) in [5, 5.41) is 12.5. The maximum Gasteiger partial charge on any atom is 0.233 e. The first-order valence-corrected chi connectivity index (χ1v) is 10.7. The van der Waals surface area contributed by atoms with Gasteiger partial charge >= 0.3 is 0 Å². The molecule has 1 fully saturated rings. The average molecular weight is 409 g/mol. The fraction of sp³-hybridized carbons (Fsp3) is 0.333. The summed E-state index contributed by atoms with van der Waals surface area (Å²) in [5.41, 5.74) is 4.55. The van der Waals surface area contributed by atoms with E-state index >= 15 is 0 Å². The van der Waals surface area contributed by atoms with Crippen LogP contribution >= 0.6 is 11.8 Å². The predicted octanol–water partition coefficient (Wildman–Crippen LogP) is 2.72. The molecule has 4 rings (SSSR count). The number of anilines is 1. The first-order valence-electron chi connectivity index (χ1n) is 9.68. The Balaban J connectivity index is 1.32. The molecule has 0 N–H and O–H groups in total. The van der Waals surface area contributed by atoms with Crippen LogP contribution in [-0.4, -0.2) is 62.9 Å². The van der Waals surface area contributed by atoms with Gasteiger partial charge in [-0.05, 0) is 54.1 Å². The number of hydrogen-bond donors (Lipinski definition) is 0. The van der Waals surface area contributed by atoms with Crippen LogP contribution in [0.4, 0.5) is 5.69 Å². The van der Waals surface area contributed by atoms with Crippen molar-refractivity contribution in [1.29, 1.82) is 0 Å². The third-order valence-electron chi connectivity index (χ3n) is 5.04. The van der Waals surface area contributed by atoms with Crippen molar-refractivity contribution in [3.63, 3.8) is 0 Å². The van der Waals surface area contributed by atoms with Crippen molar-refractivity contribution in [3.8, 4) is 5.69 Å². The van der Waals surface area contributed by atoms with E-state index in [1.165, 1.54) is 28.6 Å². The van der Waals surface area contributed by atoms with Gasteiger partial charge in [-0.2, -0.15) is 4.68 Å². The van der Waals surface area contributed by atoms with Crippen LogP contribution in [0.1, 0.15) is 11.1 Å². The Labute approximate surface area is 174 Å². The molecule has 0 unspecified atom stereocenters. The molecule has 0 radical (unpaired) electrons. The maximum absolute atomic E-state index is 12.7. The molecule has 0 atom stereocenters. The first-order chi connectivity index (χ1) is 14.1. The van der Waals surface area contributed by atoms with Crippen molar-refractivity contribution in [3.05, 3.63) is 59.7 Å². The molecule has 0 spiro atoms. The molecule has 1 amide bonds. The van der Waals surface area contributed by atoms with E-state index in [1.807, 2.05) is 36.1 Å². The summed E-state index contributed by atoms with van der Waals surface area (Å²) in [6.45, 7) is 7.30. The molecule has 1 saturated heterocycles. The smallest absolute Gasteiger partial charge is 0.233 e. The quantitative estimate of drug-likeness (QED) is 0.605. The van der Waals surface area contributed by atoms with Gasteiger partial charge in [0.2, 0.25) is 11.1 Å². The normalized spacial score (nSPS) is 14.3. The molecule has 0 saturated carbocycles. The minimum atomic E-state index is 0.123. The monoisotopic (exact) mass is 408 g/mol. The second kappa shape index (κ2) is 8.65. The summed E-state index contributed by atoms with van der Waals surface area (Å²) in [6, 6.07) is 16.5. The molecule has 0 aliphatic carbocycles. The highest BCUT2D eigenvalue weighted by molar-refractivity contribution is 7.99. The summed E-state index contributed by atoms with van der Waals surface area (Å²) in [5.74, 6) is 0.453. The van der Waals surface area contributed by atoms with Crippen LogP contribution in [-0.2, 0) is 4.79 Å². The molecule has 29 heavy (non-hydrogen) atoms. The van der Waals surface area contributed by atoms with Crippen molar-refractivity contribution in [2.45, 2.75) is 19.0 Å². The largest absolute Gasteiger partial charge is 0.368 e. The molecule has 1 aliphatic heterocycles. The number of hydrogen-bond acceptors (Lipinski definition) is 6. The molecule has 150 valence electrons. The van der Waals surface area contributed by atoms with Crippen LogP contribution in [0.5, 0.6) is 0 Å². The van der Waals surface area contributed by atoms with Crippen LogP contribution < -0.4 is 4.90 Å². The number of nitrogens with zero attached hydrogens (tertiary/aromatic N) is 6. The molecule has 0 bridgehead atoms. The standard InChI is InChI=1S/C21H24N6OS/c1-16-6-8-18(9-7-16)27-21(22-23-24-27)29-15-20(28)26-12-10-25(11-13-26)19-5-3-4-17(2)14-19/h3-9,14H,10-13,15H2,1-2H3. The fourth-order valence-electron chi connectivity index (χ4n) is 3.37. The highest BCUT2D eigenvalue weighted by Crippen LogP contribution is 2.21. The summed E-state index contributed by atoms with van der Waals surface area (Å²) in [6.07, 6.45) is 0. The molecule has 7 nitrogen and oxygen atoms in total. The van der Waals surface area contributed by atoms with Gasteiger partial charge in [-0.15, -0.1) is 5.10 Å².